The van der Waals surface area contributed by atoms with Crippen LogP contribution in [-0.4, -0.2) is 21.5 Å². The lowest BCUT2D eigenvalue weighted by atomic mass is 10.1. The van der Waals surface area contributed by atoms with Crippen LogP contribution in [0.4, 0.5) is 11.4 Å². The lowest BCUT2D eigenvalue weighted by Gasteiger charge is -2.22. The Labute approximate surface area is 139 Å². The first-order chi connectivity index (χ1) is 11.4. The molecule has 3 aromatic rings. The Balaban J connectivity index is 2.31. The highest BCUT2D eigenvalue weighted by Gasteiger charge is 2.22. The summed E-state index contributed by atoms with van der Waals surface area (Å²) >= 11 is 0. The number of phenols is 1. The summed E-state index contributed by atoms with van der Waals surface area (Å²) in [5.74, 6) is -0.249. The Morgan fingerprint density at radius 1 is 1.04 bits per heavy atom. The molecule has 1 aromatic heterocycles. The molecule has 0 fully saturated rings. The van der Waals surface area contributed by atoms with Crippen LogP contribution in [-0.2, 0) is 4.79 Å². The number of rotatable bonds is 2. The SMILES string of the molecule is CC(=O)N(c1cc(O)ccc1C)c1cn(C(C)=O)c2ccccc12. The molecule has 24 heavy (non-hydrogen) atoms. The van der Waals surface area contributed by atoms with E-state index in [0.29, 0.717) is 11.4 Å². The molecule has 0 saturated heterocycles. The van der Waals surface area contributed by atoms with Crippen molar-refractivity contribution in [3.05, 3.63) is 54.2 Å². The molecule has 0 unspecified atom stereocenters. The fraction of sp³-hybridized carbons (Fsp3) is 0.158. The Morgan fingerprint density at radius 3 is 2.42 bits per heavy atom. The van der Waals surface area contributed by atoms with Gasteiger partial charge in [0.05, 0.1) is 16.9 Å². The minimum atomic E-state index is -0.199. The van der Waals surface area contributed by atoms with Gasteiger partial charge >= 0.3 is 0 Å². The molecule has 3 rings (SSSR count). The van der Waals surface area contributed by atoms with E-state index in [1.165, 1.54) is 23.3 Å². The van der Waals surface area contributed by atoms with E-state index in [-0.39, 0.29) is 17.6 Å². The van der Waals surface area contributed by atoms with Gasteiger partial charge in [0.1, 0.15) is 5.75 Å². The molecule has 1 N–H and O–H groups in total. The van der Waals surface area contributed by atoms with Crippen LogP contribution in [0.3, 0.4) is 0 Å². The molecular weight excluding hydrogens is 304 g/mol. The minimum Gasteiger partial charge on any atom is -0.508 e. The summed E-state index contributed by atoms with van der Waals surface area (Å²) in [4.78, 5) is 25.8. The lowest BCUT2D eigenvalue weighted by Crippen LogP contribution is -2.23. The van der Waals surface area contributed by atoms with Gasteiger partial charge in [0.2, 0.25) is 11.8 Å². The molecule has 5 heteroatoms. The largest absolute Gasteiger partial charge is 0.508 e. The van der Waals surface area contributed by atoms with Crippen molar-refractivity contribution in [3.63, 3.8) is 0 Å². The highest BCUT2D eigenvalue weighted by atomic mass is 16.3. The third-order valence-corrected chi connectivity index (χ3v) is 4.02. The third-order valence-electron chi connectivity index (χ3n) is 4.02. The number of aromatic nitrogens is 1. The predicted molar refractivity (Wildman–Crippen MR) is 93.9 cm³/mol. The molecule has 5 nitrogen and oxygen atoms in total. The van der Waals surface area contributed by atoms with Crippen LogP contribution in [0.1, 0.15) is 24.2 Å². The van der Waals surface area contributed by atoms with Crippen molar-refractivity contribution in [1.82, 2.24) is 4.57 Å². The Bertz CT molecular complexity index is 956. The van der Waals surface area contributed by atoms with E-state index < -0.39 is 0 Å². The fourth-order valence-electron chi connectivity index (χ4n) is 2.91. The molecule has 0 atom stereocenters. The number of nitrogens with zero attached hydrogens (tertiary/aromatic N) is 2. The van der Waals surface area contributed by atoms with E-state index in [1.54, 1.807) is 24.4 Å². The third kappa shape index (κ3) is 2.54. The van der Waals surface area contributed by atoms with Gasteiger partial charge in [0.15, 0.2) is 0 Å². The van der Waals surface area contributed by atoms with Gasteiger partial charge in [-0.3, -0.25) is 19.1 Å². The molecule has 0 spiro atoms. The van der Waals surface area contributed by atoms with Crippen molar-refractivity contribution >= 4 is 34.1 Å². The number of aryl methyl sites for hydroxylation is 1. The van der Waals surface area contributed by atoms with E-state index in [9.17, 15) is 14.7 Å². The summed E-state index contributed by atoms with van der Waals surface area (Å²) in [7, 11) is 0. The molecule has 0 aliphatic rings. The normalized spacial score (nSPS) is 10.8. The van der Waals surface area contributed by atoms with Crippen molar-refractivity contribution in [1.29, 1.82) is 0 Å². The van der Waals surface area contributed by atoms with Crippen molar-refractivity contribution in [2.75, 3.05) is 4.90 Å². The zero-order chi connectivity index (χ0) is 17.4. The molecule has 1 amide bonds. The average molecular weight is 322 g/mol. The molecule has 0 radical (unpaired) electrons. The molecule has 2 aromatic carbocycles. The number of carbonyl (C=O) groups excluding carboxylic acids is 2. The molecule has 1 heterocycles. The quantitative estimate of drug-likeness (QED) is 0.775. The highest BCUT2D eigenvalue weighted by Crippen LogP contribution is 2.37. The summed E-state index contributed by atoms with van der Waals surface area (Å²) < 4.78 is 1.53. The maximum absolute atomic E-state index is 12.4. The number of hydrogen-bond donors (Lipinski definition) is 1. The van der Waals surface area contributed by atoms with Gasteiger partial charge in [-0.25, -0.2) is 0 Å². The van der Waals surface area contributed by atoms with Gasteiger partial charge in [-0.15, -0.1) is 0 Å². The monoisotopic (exact) mass is 322 g/mol. The maximum Gasteiger partial charge on any atom is 0.228 e. The van der Waals surface area contributed by atoms with Crippen LogP contribution in [0.2, 0.25) is 0 Å². The van der Waals surface area contributed by atoms with E-state index in [1.807, 2.05) is 31.2 Å². The molecule has 0 aliphatic carbocycles. The second-order valence-corrected chi connectivity index (χ2v) is 5.75. The number of phenolic OH excluding ortho intramolecular Hbond substituents is 1. The lowest BCUT2D eigenvalue weighted by molar-refractivity contribution is -0.115. The Kier molecular flexibility index (Phi) is 3.85. The number of aromatic hydroxyl groups is 1. The van der Waals surface area contributed by atoms with Crippen molar-refractivity contribution in [3.8, 4) is 5.75 Å². The molecule has 0 saturated carbocycles. The number of benzene rings is 2. The smallest absolute Gasteiger partial charge is 0.228 e. The standard InChI is InChI=1S/C19H18N2O3/c1-12-8-9-15(24)10-18(12)21(14(3)23)19-11-20(13(2)22)17-7-5-4-6-16(17)19/h4-11,24H,1-3H3. The first kappa shape index (κ1) is 15.8. The second kappa shape index (κ2) is 5.85. The zero-order valence-electron chi connectivity index (χ0n) is 13.8. The fourth-order valence-corrected chi connectivity index (χ4v) is 2.91. The van der Waals surface area contributed by atoms with Crippen molar-refractivity contribution in [2.24, 2.45) is 0 Å². The molecule has 122 valence electrons. The number of hydrogen-bond acceptors (Lipinski definition) is 3. The van der Waals surface area contributed by atoms with Crippen molar-refractivity contribution < 1.29 is 14.7 Å². The summed E-state index contributed by atoms with van der Waals surface area (Å²) in [5.41, 5.74) is 2.79. The van der Waals surface area contributed by atoms with Crippen LogP contribution in [0, 0.1) is 6.92 Å². The molecule has 0 bridgehead atoms. The van der Waals surface area contributed by atoms with Gasteiger partial charge in [-0.1, -0.05) is 24.3 Å². The number of amides is 1. The topological polar surface area (TPSA) is 62.5 Å². The van der Waals surface area contributed by atoms with E-state index >= 15 is 0 Å². The minimum absolute atomic E-state index is 0.0807. The first-order valence-electron chi connectivity index (χ1n) is 7.61. The van der Waals surface area contributed by atoms with E-state index in [4.69, 9.17) is 0 Å². The van der Waals surface area contributed by atoms with Gasteiger partial charge in [-0.2, -0.15) is 0 Å². The molecular formula is C19H18N2O3. The number of carbonyl (C=O) groups is 2. The maximum atomic E-state index is 12.4. The van der Waals surface area contributed by atoms with Crippen LogP contribution < -0.4 is 4.90 Å². The summed E-state index contributed by atoms with van der Waals surface area (Å²) in [6.45, 7) is 4.81. The van der Waals surface area contributed by atoms with Gasteiger partial charge in [0, 0.05) is 31.5 Å². The van der Waals surface area contributed by atoms with Crippen LogP contribution in [0.5, 0.6) is 5.75 Å². The van der Waals surface area contributed by atoms with Crippen LogP contribution in [0.15, 0.2) is 48.7 Å². The predicted octanol–water partition coefficient (Wildman–Crippen LogP) is 4.00. The summed E-state index contributed by atoms with van der Waals surface area (Å²) in [6, 6.07) is 12.3. The summed E-state index contributed by atoms with van der Waals surface area (Å²) in [6.07, 6.45) is 1.66. The average Bonchev–Trinajstić information content (AvgIpc) is 2.91. The Hall–Kier alpha value is -3.08. The van der Waals surface area contributed by atoms with Crippen molar-refractivity contribution in [2.45, 2.75) is 20.8 Å². The first-order valence-corrected chi connectivity index (χ1v) is 7.61. The number of para-hydroxylation sites is 1. The van der Waals surface area contributed by atoms with Crippen LogP contribution >= 0.6 is 0 Å². The number of anilines is 2. The molecule has 0 aliphatic heterocycles. The Morgan fingerprint density at radius 2 is 1.75 bits per heavy atom. The zero-order valence-corrected chi connectivity index (χ0v) is 13.8. The van der Waals surface area contributed by atoms with Gasteiger partial charge < -0.3 is 5.11 Å². The second-order valence-electron chi connectivity index (χ2n) is 5.75. The number of fused-ring (bicyclic) bond motifs is 1. The van der Waals surface area contributed by atoms with E-state index in [2.05, 4.69) is 0 Å². The van der Waals surface area contributed by atoms with Gasteiger partial charge in [0.25, 0.3) is 0 Å². The summed E-state index contributed by atoms with van der Waals surface area (Å²) in [5, 5.41) is 10.6. The highest BCUT2D eigenvalue weighted by molar-refractivity contribution is 6.09. The van der Waals surface area contributed by atoms with E-state index in [0.717, 1.165) is 16.5 Å². The van der Waals surface area contributed by atoms with Crippen LogP contribution in [0.25, 0.3) is 10.9 Å². The van der Waals surface area contributed by atoms with Gasteiger partial charge in [-0.05, 0) is 24.6 Å².